The number of carbonyl (C=O) groups excluding carboxylic acids is 1. The Morgan fingerprint density at radius 2 is 2.09 bits per heavy atom. The number of aromatic nitrogens is 3. The third kappa shape index (κ3) is 3.08. The van der Waals surface area contributed by atoms with Gasteiger partial charge in [0.25, 0.3) is 5.91 Å². The van der Waals surface area contributed by atoms with Crippen LogP contribution in [0.4, 0.5) is 4.39 Å². The van der Waals surface area contributed by atoms with E-state index in [1.165, 1.54) is 35.5 Å². The van der Waals surface area contributed by atoms with E-state index < -0.39 is 11.4 Å². The van der Waals surface area contributed by atoms with Crippen LogP contribution in [-0.2, 0) is 0 Å². The second kappa shape index (κ2) is 6.05. The van der Waals surface area contributed by atoms with E-state index in [2.05, 4.69) is 10.1 Å². The molecule has 1 aliphatic rings. The van der Waals surface area contributed by atoms with Crippen molar-refractivity contribution in [3.63, 3.8) is 0 Å². The fraction of sp³-hybridized carbons (Fsp3) is 0.400. The number of rotatable bonds is 3. The van der Waals surface area contributed by atoms with E-state index in [0.717, 1.165) is 0 Å². The predicted octanol–water partition coefficient (Wildman–Crippen LogP) is 0.366. The van der Waals surface area contributed by atoms with Gasteiger partial charge in [-0.1, -0.05) is 0 Å². The number of halogens is 1. The van der Waals surface area contributed by atoms with Gasteiger partial charge in [0.2, 0.25) is 0 Å². The van der Waals surface area contributed by atoms with Gasteiger partial charge in [0.1, 0.15) is 24.2 Å². The maximum Gasteiger partial charge on any atom is 0.253 e. The SMILES string of the molecule is O=C(c1ccc(-n2cncn2)c(F)c1)N1CCC(O)(CO)CC1. The molecule has 0 bridgehead atoms. The third-order valence-corrected chi connectivity index (χ3v) is 4.14. The lowest BCUT2D eigenvalue weighted by molar-refractivity contribution is -0.0546. The molecule has 8 heteroatoms. The van der Waals surface area contributed by atoms with Gasteiger partial charge in [0.05, 0.1) is 12.2 Å². The summed E-state index contributed by atoms with van der Waals surface area (Å²) >= 11 is 0. The summed E-state index contributed by atoms with van der Waals surface area (Å²) in [5.41, 5.74) is -0.674. The number of amides is 1. The highest BCUT2D eigenvalue weighted by Gasteiger charge is 2.33. The molecule has 1 amide bonds. The maximum absolute atomic E-state index is 14.2. The molecule has 1 saturated heterocycles. The summed E-state index contributed by atoms with van der Waals surface area (Å²) in [7, 11) is 0. The molecule has 0 atom stereocenters. The van der Waals surface area contributed by atoms with Gasteiger partial charge in [0.15, 0.2) is 0 Å². The van der Waals surface area contributed by atoms with Crippen molar-refractivity contribution in [2.24, 2.45) is 0 Å². The van der Waals surface area contributed by atoms with Crippen LogP contribution in [0, 0.1) is 5.82 Å². The number of aliphatic hydroxyl groups excluding tert-OH is 1. The van der Waals surface area contributed by atoms with E-state index >= 15 is 0 Å². The summed E-state index contributed by atoms with van der Waals surface area (Å²) in [6.45, 7) is 0.320. The fourth-order valence-corrected chi connectivity index (χ4v) is 2.63. The number of piperidine rings is 1. The summed E-state index contributed by atoms with van der Waals surface area (Å²) in [5, 5.41) is 23.0. The van der Waals surface area contributed by atoms with Crippen molar-refractivity contribution < 1.29 is 19.4 Å². The van der Waals surface area contributed by atoms with Crippen molar-refractivity contribution in [3.05, 3.63) is 42.2 Å². The van der Waals surface area contributed by atoms with E-state index in [0.29, 0.717) is 25.9 Å². The van der Waals surface area contributed by atoms with Gasteiger partial charge in [-0.25, -0.2) is 14.1 Å². The van der Waals surface area contributed by atoms with Crippen molar-refractivity contribution in [1.82, 2.24) is 19.7 Å². The molecule has 0 saturated carbocycles. The van der Waals surface area contributed by atoms with E-state index in [1.54, 1.807) is 4.90 Å². The Bertz CT molecular complexity index is 697. The molecule has 0 spiro atoms. The standard InChI is InChI=1S/C15H17FN4O3/c16-12-7-11(1-2-13(12)20-10-17-9-18-20)14(22)19-5-3-15(23,8-21)4-6-19/h1-2,7,9-10,21,23H,3-6,8H2. The minimum atomic E-state index is -1.13. The van der Waals surface area contributed by atoms with Gasteiger partial charge in [-0.2, -0.15) is 5.10 Å². The molecular formula is C15H17FN4O3. The highest BCUT2D eigenvalue weighted by Crippen LogP contribution is 2.23. The first kappa shape index (κ1) is 15.6. The van der Waals surface area contributed by atoms with Gasteiger partial charge in [-0.3, -0.25) is 4.79 Å². The summed E-state index contributed by atoms with van der Waals surface area (Å²) in [6.07, 6.45) is 3.28. The van der Waals surface area contributed by atoms with Crippen LogP contribution in [0.3, 0.4) is 0 Å². The van der Waals surface area contributed by atoms with Gasteiger partial charge in [0, 0.05) is 18.7 Å². The van der Waals surface area contributed by atoms with Crippen LogP contribution < -0.4 is 0 Å². The predicted molar refractivity (Wildman–Crippen MR) is 78.5 cm³/mol. The highest BCUT2D eigenvalue weighted by atomic mass is 19.1. The molecule has 3 rings (SSSR count). The van der Waals surface area contributed by atoms with Crippen molar-refractivity contribution in [1.29, 1.82) is 0 Å². The lowest BCUT2D eigenvalue weighted by atomic mass is 9.92. The molecule has 2 aromatic rings. The Labute approximate surface area is 132 Å². The molecule has 7 nitrogen and oxygen atoms in total. The molecule has 0 unspecified atom stereocenters. The molecule has 1 aliphatic heterocycles. The van der Waals surface area contributed by atoms with Gasteiger partial charge >= 0.3 is 0 Å². The zero-order valence-corrected chi connectivity index (χ0v) is 12.4. The van der Waals surface area contributed by atoms with Gasteiger partial charge in [-0.05, 0) is 31.0 Å². The van der Waals surface area contributed by atoms with Crippen LogP contribution in [0.2, 0.25) is 0 Å². The van der Waals surface area contributed by atoms with E-state index in [4.69, 9.17) is 5.11 Å². The number of hydrogen-bond donors (Lipinski definition) is 2. The summed E-state index contributed by atoms with van der Waals surface area (Å²) in [6, 6.07) is 4.19. The Hall–Kier alpha value is -2.32. The Balaban J connectivity index is 1.75. The van der Waals surface area contributed by atoms with Crippen LogP contribution in [0.15, 0.2) is 30.9 Å². The quantitative estimate of drug-likeness (QED) is 0.852. The highest BCUT2D eigenvalue weighted by molar-refractivity contribution is 5.94. The first-order chi connectivity index (χ1) is 11.0. The maximum atomic E-state index is 14.2. The van der Waals surface area contributed by atoms with E-state index in [-0.39, 0.29) is 23.8 Å². The molecule has 122 valence electrons. The van der Waals surface area contributed by atoms with Crippen LogP contribution in [0.5, 0.6) is 0 Å². The van der Waals surface area contributed by atoms with Gasteiger partial charge < -0.3 is 15.1 Å². The molecule has 1 aromatic heterocycles. The van der Waals surface area contributed by atoms with E-state index in [1.807, 2.05) is 0 Å². The molecule has 0 aliphatic carbocycles. The van der Waals surface area contributed by atoms with Crippen molar-refractivity contribution >= 4 is 5.91 Å². The number of hydrogen-bond acceptors (Lipinski definition) is 5. The first-order valence-electron chi connectivity index (χ1n) is 7.29. The molecule has 2 heterocycles. The average Bonchev–Trinajstić information content (AvgIpc) is 3.09. The molecule has 2 N–H and O–H groups in total. The smallest absolute Gasteiger partial charge is 0.253 e. The number of likely N-dealkylation sites (tertiary alicyclic amines) is 1. The Kier molecular flexibility index (Phi) is 4.10. The number of carbonyl (C=O) groups is 1. The Morgan fingerprint density at radius 3 is 2.65 bits per heavy atom. The lowest BCUT2D eigenvalue weighted by Gasteiger charge is -2.37. The fourth-order valence-electron chi connectivity index (χ4n) is 2.63. The van der Waals surface area contributed by atoms with Gasteiger partial charge in [-0.15, -0.1) is 0 Å². The first-order valence-corrected chi connectivity index (χ1v) is 7.29. The second-order valence-corrected chi connectivity index (χ2v) is 5.68. The normalized spacial score (nSPS) is 17.3. The summed E-state index contributed by atoms with van der Waals surface area (Å²) in [4.78, 5) is 17.7. The molecule has 0 radical (unpaired) electrons. The molecule has 23 heavy (non-hydrogen) atoms. The number of nitrogens with zero attached hydrogens (tertiary/aromatic N) is 4. The van der Waals surface area contributed by atoms with Crippen LogP contribution >= 0.6 is 0 Å². The number of benzene rings is 1. The molecule has 1 aromatic carbocycles. The minimum absolute atomic E-state index is 0.215. The largest absolute Gasteiger partial charge is 0.393 e. The Morgan fingerprint density at radius 1 is 1.35 bits per heavy atom. The average molecular weight is 320 g/mol. The summed E-state index contributed by atoms with van der Waals surface area (Å²) in [5.74, 6) is -0.862. The zero-order valence-electron chi connectivity index (χ0n) is 12.4. The number of aliphatic hydroxyl groups is 2. The lowest BCUT2D eigenvalue weighted by Crippen LogP contribution is -2.48. The van der Waals surface area contributed by atoms with Crippen molar-refractivity contribution in [2.75, 3.05) is 19.7 Å². The van der Waals surface area contributed by atoms with Crippen molar-refractivity contribution in [2.45, 2.75) is 18.4 Å². The molecule has 1 fully saturated rings. The topological polar surface area (TPSA) is 91.5 Å². The van der Waals surface area contributed by atoms with Crippen LogP contribution in [0.1, 0.15) is 23.2 Å². The third-order valence-electron chi connectivity index (χ3n) is 4.14. The van der Waals surface area contributed by atoms with E-state index in [9.17, 15) is 14.3 Å². The van der Waals surface area contributed by atoms with Crippen LogP contribution in [0.25, 0.3) is 5.69 Å². The monoisotopic (exact) mass is 320 g/mol. The minimum Gasteiger partial charge on any atom is -0.393 e. The molecular weight excluding hydrogens is 303 g/mol. The van der Waals surface area contributed by atoms with Crippen molar-refractivity contribution in [3.8, 4) is 5.69 Å². The second-order valence-electron chi connectivity index (χ2n) is 5.68. The van der Waals surface area contributed by atoms with Crippen LogP contribution in [-0.4, -0.2) is 61.1 Å². The summed E-state index contributed by atoms with van der Waals surface area (Å²) < 4.78 is 15.5. The zero-order chi connectivity index (χ0) is 16.4.